The normalized spacial score (nSPS) is 10.2. The molecule has 0 aliphatic carbocycles. The van der Waals surface area contributed by atoms with E-state index < -0.39 is 4.92 Å². The van der Waals surface area contributed by atoms with E-state index in [0.29, 0.717) is 22.6 Å². The zero-order valence-corrected chi connectivity index (χ0v) is 11.1. The van der Waals surface area contributed by atoms with E-state index in [1.807, 2.05) is 0 Å². The molecular weight excluding hydrogens is 261 g/mol. The Morgan fingerprint density at radius 3 is 2.50 bits per heavy atom. The number of hydrogen-bond acceptors (Lipinski definition) is 4. The monoisotopic (exact) mass is 275 g/mol. The number of halogens is 1. The molecule has 104 valence electrons. The van der Waals surface area contributed by atoms with Gasteiger partial charge in [-0.2, -0.15) is 0 Å². The molecule has 0 heterocycles. The van der Waals surface area contributed by atoms with E-state index in [9.17, 15) is 14.5 Å². The molecule has 2 N–H and O–H groups in total. The molecule has 0 aliphatic heterocycles. The highest BCUT2D eigenvalue weighted by molar-refractivity contribution is 5.79. The fourth-order valence-corrected chi connectivity index (χ4v) is 1.92. The van der Waals surface area contributed by atoms with Crippen LogP contribution in [0.2, 0.25) is 0 Å². The lowest BCUT2D eigenvalue weighted by Crippen LogP contribution is -2.01. The summed E-state index contributed by atoms with van der Waals surface area (Å²) in [5, 5.41) is 16.9. The van der Waals surface area contributed by atoms with Crippen LogP contribution in [-0.2, 0) is 0 Å². The van der Waals surface area contributed by atoms with Crippen molar-refractivity contribution in [3.8, 4) is 0 Å². The topological polar surface area (TPSA) is 67.2 Å². The zero-order valence-electron chi connectivity index (χ0n) is 11.1. The number of para-hydroxylation sites is 1. The number of nitro groups is 1. The van der Waals surface area contributed by atoms with Crippen LogP contribution >= 0.6 is 0 Å². The highest BCUT2D eigenvalue weighted by Gasteiger charge is 2.19. The van der Waals surface area contributed by atoms with Gasteiger partial charge in [0.15, 0.2) is 0 Å². The average Bonchev–Trinajstić information content (AvgIpc) is 2.42. The van der Waals surface area contributed by atoms with Crippen molar-refractivity contribution in [2.75, 3.05) is 17.7 Å². The lowest BCUT2D eigenvalue weighted by atomic mass is 10.2. The van der Waals surface area contributed by atoms with Gasteiger partial charge in [-0.15, -0.1) is 0 Å². The minimum atomic E-state index is -0.454. The van der Waals surface area contributed by atoms with Crippen molar-refractivity contribution in [3.05, 3.63) is 57.9 Å². The summed E-state index contributed by atoms with van der Waals surface area (Å²) in [6.45, 7) is 1.64. The summed E-state index contributed by atoms with van der Waals surface area (Å²) in [6, 6.07) is 9.41. The third kappa shape index (κ3) is 2.69. The van der Waals surface area contributed by atoms with Crippen molar-refractivity contribution in [1.82, 2.24) is 0 Å². The highest BCUT2D eigenvalue weighted by atomic mass is 19.1. The Morgan fingerprint density at radius 2 is 1.90 bits per heavy atom. The summed E-state index contributed by atoms with van der Waals surface area (Å²) in [7, 11) is 1.62. The Bertz CT molecular complexity index is 659. The first kappa shape index (κ1) is 13.8. The van der Waals surface area contributed by atoms with Crippen LogP contribution in [0.3, 0.4) is 0 Å². The molecule has 0 amide bonds. The van der Waals surface area contributed by atoms with Gasteiger partial charge in [-0.25, -0.2) is 4.39 Å². The van der Waals surface area contributed by atoms with Gasteiger partial charge < -0.3 is 10.6 Å². The van der Waals surface area contributed by atoms with Crippen LogP contribution in [0.25, 0.3) is 0 Å². The maximum atomic E-state index is 13.2. The number of nitrogens with one attached hydrogen (secondary N) is 2. The number of benzene rings is 2. The Hall–Kier alpha value is -2.63. The summed E-state index contributed by atoms with van der Waals surface area (Å²) >= 11 is 0. The van der Waals surface area contributed by atoms with Crippen molar-refractivity contribution in [2.45, 2.75) is 6.92 Å². The average molecular weight is 275 g/mol. The minimum Gasteiger partial charge on any atom is -0.382 e. The van der Waals surface area contributed by atoms with E-state index in [1.54, 1.807) is 38.2 Å². The Kier molecular flexibility index (Phi) is 3.84. The maximum Gasteiger partial charge on any atom is 0.315 e. The molecule has 20 heavy (non-hydrogen) atoms. The molecule has 0 fully saturated rings. The smallest absolute Gasteiger partial charge is 0.315 e. The van der Waals surface area contributed by atoms with Crippen LogP contribution < -0.4 is 10.6 Å². The van der Waals surface area contributed by atoms with Crippen molar-refractivity contribution in [2.24, 2.45) is 0 Å². The molecule has 0 saturated heterocycles. The molecule has 0 aliphatic rings. The molecule has 0 saturated carbocycles. The van der Waals surface area contributed by atoms with Crippen molar-refractivity contribution >= 4 is 22.7 Å². The molecule has 6 heteroatoms. The van der Waals surface area contributed by atoms with Crippen LogP contribution in [0.15, 0.2) is 36.4 Å². The van der Waals surface area contributed by atoms with Gasteiger partial charge in [0.2, 0.25) is 0 Å². The summed E-state index contributed by atoms with van der Waals surface area (Å²) in [5.41, 5.74) is 1.80. The highest BCUT2D eigenvalue weighted by Crippen LogP contribution is 2.34. The lowest BCUT2D eigenvalue weighted by molar-refractivity contribution is -0.383. The quantitative estimate of drug-likeness (QED) is 0.657. The number of anilines is 3. The van der Waals surface area contributed by atoms with E-state index in [4.69, 9.17) is 0 Å². The second-order valence-electron chi connectivity index (χ2n) is 4.30. The van der Waals surface area contributed by atoms with Gasteiger partial charge in [0.1, 0.15) is 17.2 Å². The summed E-state index contributed by atoms with van der Waals surface area (Å²) in [5.74, 6) is -0.311. The van der Waals surface area contributed by atoms with Crippen LogP contribution in [0.4, 0.5) is 27.1 Å². The second kappa shape index (κ2) is 5.56. The van der Waals surface area contributed by atoms with Gasteiger partial charge in [-0.05, 0) is 42.8 Å². The van der Waals surface area contributed by atoms with Crippen LogP contribution in [0.1, 0.15) is 5.56 Å². The number of rotatable bonds is 4. The van der Waals surface area contributed by atoms with Gasteiger partial charge in [-0.1, -0.05) is 6.07 Å². The van der Waals surface area contributed by atoms with Gasteiger partial charge in [0.05, 0.1) is 4.92 Å². The number of nitro benzene ring substituents is 1. The Balaban J connectivity index is 2.42. The number of hydrogen-bond donors (Lipinski definition) is 2. The molecule has 0 unspecified atom stereocenters. The van der Waals surface area contributed by atoms with Gasteiger partial charge in [-0.3, -0.25) is 10.1 Å². The third-order valence-electron chi connectivity index (χ3n) is 2.92. The number of nitrogens with zero attached hydrogens (tertiary/aromatic N) is 1. The molecule has 2 rings (SSSR count). The van der Waals surface area contributed by atoms with E-state index >= 15 is 0 Å². The van der Waals surface area contributed by atoms with Crippen LogP contribution in [-0.4, -0.2) is 12.0 Å². The molecule has 0 bridgehead atoms. The molecule has 2 aromatic carbocycles. The third-order valence-corrected chi connectivity index (χ3v) is 2.92. The molecule has 0 atom stereocenters. The first-order chi connectivity index (χ1) is 9.52. The number of aryl methyl sites for hydroxylation is 1. The fourth-order valence-electron chi connectivity index (χ4n) is 1.92. The molecule has 5 nitrogen and oxygen atoms in total. The fraction of sp³-hybridized carbons (Fsp3) is 0.143. The van der Waals surface area contributed by atoms with Crippen molar-refractivity contribution in [1.29, 1.82) is 0 Å². The SMILES string of the molecule is CNc1cccc(Nc2ccc(F)c(C)c2)c1[N+](=O)[O-]. The summed E-state index contributed by atoms with van der Waals surface area (Å²) in [4.78, 5) is 10.7. The predicted octanol–water partition coefficient (Wildman–Crippen LogP) is 3.83. The summed E-state index contributed by atoms with van der Waals surface area (Å²) < 4.78 is 13.2. The Morgan fingerprint density at radius 1 is 1.20 bits per heavy atom. The van der Waals surface area contributed by atoms with Crippen LogP contribution in [0.5, 0.6) is 0 Å². The Labute approximate surface area is 115 Å². The zero-order chi connectivity index (χ0) is 14.7. The first-order valence-electron chi connectivity index (χ1n) is 6.01. The van der Waals surface area contributed by atoms with Gasteiger partial charge in [0.25, 0.3) is 0 Å². The van der Waals surface area contributed by atoms with Gasteiger partial charge in [0, 0.05) is 12.7 Å². The largest absolute Gasteiger partial charge is 0.382 e. The molecule has 0 aromatic heterocycles. The van der Waals surface area contributed by atoms with Crippen LogP contribution in [0, 0.1) is 22.9 Å². The second-order valence-corrected chi connectivity index (χ2v) is 4.30. The minimum absolute atomic E-state index is 0.0445. The van der Waals surface area contributed by atoms with Crippen molar-refractivity contribution in [3.63, 3.8) is 0 Å². The molecule has 0 radical (unpaired) electrons. The van der Waals surface area contributed by atoms with Gasteiger partial charge >= 0.3 is 5.69 Å². The lowest BCUT2D eigenvalue weighted by Gasteiger charge is -2.10. The maximum absolute atomic E-state index is 13.2. The van der Waals surface area contributed by atoms with E-state index in [-0.39, 0.29) is 11.5 Å². The molecule has 2 aromatic rings. The van der Waals surface area contributed by atoms with E-state index in [0.717, 1.165) is 0 Å². The molecule has 0 spiro atoms. The first-order valence-corrected chi connectivity index (χ1v) is 6.01. The van der Waals surface area contributed by atoms with E-state index in [2.05, 4.69) is 10.6 Å². The van der Waals surface area contributed by atoms with E-state index in [1.165, 1.54) is 12.1 Å². The predicted molar refractivity (Wildman–Crippen MR) is 77.1 cm³/mol. The molecular formula is C14H14FN3O2. The summed E-state index contributed by atoms with van der Waals surface area (Å²) in [6.07, 6.45) is 0. The van der Waals surface area contributed by atoms with Crippen molar-refractivity contribution < 1.29 is 9.31 Å². The standard InChI is InChI=1S/C14H14FN3O2/c1-9-8-10(6-7-11(9)15)17-13-5-3-4-12(16-2)14(13)18(19)20/h3-8,16-17H,1-2H3.